The van der Waals surface area contributed by atoms with Crippen molar-refractivity contribution in [3.8, 4) is 0 Å². The molecule has 0 bridgehead atoms. The molecule has 0 radical (unpaired) electrons. The summed E-state index contributed by atoms with van der Waals surface area (Å²) >= 11 is 0.678. The minimum absolute atomic E-state index is 0.0198. The SMILES string of the molecule is CC(=O)Nc1nnc(S(=O)(=O)N2CCNCC2C(=O)O)s1. The van der Waals surface area contributed by atoms with Crippen molar-refractivity contribution in [2.75, 3.05) is 25.0 Å². The molecule has 3 N–H and O–H groups in total. The van der Waals surface area contributed by atoms with Crippen LogP contribution in [-0.2, 0) is 19.6 Å². The second kappa shape index (κ2) is 6.01. The zero-order chi connectivity index (χ0) is 15.6. The van der Waals surface area contributed by atoms with Gasteiger partial charge in [0.1, 0.15) is 6.04 Å². The second-order valence-corrected chi connectivity index (χ2v) is 7.27. The molecule has 2 rings (SSSR count). The number of sulfonamides is 1. The van der Waals surface area contributed by atoms with Crippen LogP contribution in [0.3, 0.4) is 0 Å². The molecular weight excluding hydrogens is 322 g/mol. The zero-order valence-corrected chi connectivity index (χ0v) is 12.6. The molecular formula is C9H13N5O5S2. The van der Waals surface area contributed by atoms with Crippen LogP contribution in [0.4, 0.5) is 5.13 Å². The molecule has 1 unspecified atom stereocenters. The van der Waals surface area contributed by atoms with Gasteiger partial charge in [-0.25, -0.2) is 8.42 Å². The van der Waals surface area contributed by atoms with Gasteiger partial charge in [0.25, 0.3) is 10.0 Å². The Morgan fingerprint density at radius 1 is 1.48 bits per heavy atom. The molecule has 1 aliphatic heterocycles. The lowest BCUT2D eigenvalue weighted by atomic mass is 10.2. The number of hydrogen-bond acceptors (Lipinski definition) is 8. The molecule has 1 amide bonds. The van der Waals surface area contributed by atoms with Gasteiger partial charge in [-0.2, -0.15) is 4.31 Å². The first-order chi connectivity index (χ1) is 9.82. The van der Waals surface area contributed by atoms with Crippen molar-refractivity contribution in [1.29, 1.82) is 0 Å². The summed E-state index contributed by atoms with van der Waals surface area (Å²) in [6, 6.07) is -1.20. The van der Waals surface area contributed by atoms with Crippen molar-refractivity contribution < 1.29 is 23.1 Å². The third-order valence-corrected chi connectivity index (χ3v) is 5.79. The van der Waals surface area contributed by atoms with E-state index in [4.69, 9.17) is 5.11 Å². The first-order valence-corrected chi connectivity index (χ1v) is 8.14. The Bertz CT molecular complexity index is 657. The van der Waals surface area contributed by atoms with Gasteiger partial charge in [0, 0.05) is 26.6 Å². The third-order valence-electron chi connectivity index (χ3n) is 2.70. The molecule has 1 aliphatic rings. The van der Waals surface area contributed by atoms with Gasteiger partial charge < -0.3 is 15.7 Å². The molecule has 116 valence electrons. The Hall–Kier alpha value is -1.63. The van der Waals surface area contributed by atoms with Crippen molar-refractivity contribution in [2.24, 2.45) is 0 Å². The van der Waals surface area contributed by atoms with E-state index >= 15 is 0 Å². The van der Waals surface area contributed by atoms with Crippen LogP contribution in [-0.4, -0.2) is 65.6 Å². The first-order valence-electron chi connectivity index (χ1n) is 5.89. The van der Waals surface area contributed by atoms with E-state index in [1.165, 1.54) is 6.92 Å². The molecule has 1 atom stereocenters. The van der Waals surface area contributed by atoms with E-state index in [-0.39, 0.29) is 22.6 Å². The molecule has 1 aromatic rings. The summed E-state index contributed by atoms with van der Waals surface area (Å²) in [5.74, 6) is -1.64. The topological polar surface area (TPSA) is 142 Å². The van der Waals surface area contributed by atoms with Crippen molar-refractivity contribution >= 4 is 38.4 Å². The maximum Gasteiger partial charge on any atom is 0.323 e. The molecule has 12 heteroatoms. The van der Waals surface area contributed by atoms with E-state index in [2.05, 4.69) is 20.8 Å². The van der Waals surface area contributed by atoms with E-state index in [1.54, 1.807) is 0 Å². The minimum Gasteiger partial charge on any atom is -0.480 e. The summed E-state index contributed by atoms with van der Waals surface area (Å²) in [5.41, 5.74) is 0. The number of carboxylic acid groups (broad SMARTS) is 1. The van der Waals surface area contributed by atoms with Gasteiger partial charge in [-0.05, 0) is 0 Å². The molecule has 1 aromatic heterocycles. The number of nitrogens with zero attached hydrogens (tertiary/aromatic N) is 3. The van der Waals surface area contributed by atoms with Crippen LogP contribution in [0.25, 0.3) is 0 Å². The summed E-state index contributed by atoms with van der Waals surface area (Å²) in [5, 5.41) is 21.4. The summed E-state index contributed by atoms with van der Waals surface area (Å²) < 4.78 is 25.4. The number of nitrogens with one attached hydrogen (secondary N) is 2. The van der Waals surface area contributed by atoms with Gasteiger partial charge in [0.2, 0.25) is 15.4 Å². The molecule has 0 saturated carbocycles. The average Bonchev–Trinajstić information content (AvgIpc) is 2.87. The van der Waals surface area contributed by atoms with Gasteiger partial charge in [-0.3, -0.25) is 9.59 Å². The summed E-state index contributed by atoms with van der Waals surface area (Å²) in [6.45, 7) is 1.65. The summed E-state index contributed by atoms with van der Waals surface area (Å²) in [4.78, 5) is 22.1. The second-order valence-electron chi connectivity index (χ2n) is 4.23. The van der Waals surface area contributed by atoms with Crippen LogP contribution in [0.2, 0.25) is 0 Å². The Kier molecular flexibility index (Phi) is 4.51. The van der Waals surface area contributed by atoms with Gasteiger partial charge in [0.15, 0.2) is 0 Å². The molecule has 1 fully saturated rings. The molecule has 0 spiro atoms. The van der Waals surface area contributed by atoms with E-state index in [9.17, 15) is 18.0 Å². The number of carboxylic acids is 1. The van der Waals surface area contributed by atoms with Gasteiger partial charge in [-0.15, -0.1) is 10.2 Å². The zero-order valence-electron chi connectivity index (χ0n) is 10.9. The van der Waals surface area contributed by atoms with Crippen LogP contribution in [0.15, 0.2) is 4.34 Å². The summed E-state index contributed by atoms with van der Waals surface area (Å²) in [7, 11) is -4.07. The van der Waals surface area contributed by atoms with Crippen molar-refractivity contribution in [2.45, 2.75) is 17.3 Å². The highest BCUT2D eigenvalue weighted by atomic mass is 32.2. The number of hydrogen-bond donors (Lipinski definition) is 3. The standard InChI is InChI=1S/C9H13N5O5S2/c1-5(15)11-8-12-13-9(20-8)21(18,19)14-3-2-10-4-6(14)7(16)17/h6,10H,2-4H2,1H3,(H,16,17)(H,11,12,15). The quantitative estimate of drug-likeness (QED) is 0.567. The molecule has 1 saturated heterocycles. The summed E-state index contributed by atoms with van der Waals surface area (Å²) in [6.07, 6.45) is 0. The van der Waals surface area contributed by atoms with E-state index in [0.29, 0.717) is 17.9 Å². The van der Waals surface area contributed by atoms with Gasteiger partial charge >= 0.3 is 5.97 Å². The average molecular weight is 335 g/mol. The monoisotopic (exact) mass is 335 g/mol. The van der Waals surface area contributed by atoms with Crippen LogP contribution in [0.1, 0.15) is 6.92 Å². The predicted octanol–water partition coefficient (Wildman–Crippen LogP) is -1.46. The minimum atomic E-state index is -4.07. The number of anilines is 1. The van der Waals surface area contributed by atoms with Crippen LogP contribution >= 0.6 is 11.3 Å². The third kappa shape index (κ3) is 3.34. The molecule has 10 nitrogen and oxygen atoms in total. The Morgan fingerprint density at radius 3 is 2.81 bits per heavy atom. The van der Waals surface area contributed by atoms with Gasteiger partial charge in [0.05, 0.1) is 0 Å². The predicted molar refractivity (Wildman–Crippen MR) is 72.4 cm³/mol. The Morgan fingerprint density at radius 2 is 2.19 bits per heavy atom. The van der Waals surface area contributed by atoms with Crippen molar-refractivity contribution in [1.82, 2.24) is 19.8 Å². The van der Waals surface area contributed by atoms with Gasteiger partial charge in [-0.1, -0.05) is 11.3 Å². The Balaban J connectivity index is 2.29. The molecule has 2 heterocycles. The first kappa shape index (κ1) is 15.8. The number of rotatable bonds is 4. The van der Waals surface area contributed by atoms with Crippen molar-refractivity contribution in [3.63, 3.8) is 0 Å². The van der Waals surface area contributed by atoms with Crippen LogP contribution in [0.5, 0.6) is 0 Å². The van der Waals surface area contributed by atoms with E-state index in [1.807, 2.05) is 0 Å². The van der Waals surface area contributed by atoms with E-state index < -0.39 is 27.9 Å². The fourth-order valence-corrected chi connectivity index (χ4v) is 4.44. The Labute approximate surface area is 124 Å². The number of carbonyl (C=O) groups excluding carboxylic acids is 1. The molecule has 0 aliphatic carbocycles. The molecule has 0 aromatic carbocycles. The number of aliphatic carboxylic acids is 1. The smallest absolute Gasteiger partial charge is 0.323 e. The maximum atomic E-state index is 12.4. The number of carbonyl (C=O) groups is 2. The fourth-order valence-electron chi connectivity index (χ4n) is 1.80. The normalized spacial score (nSPS) is 20.1. The fraction of sp³-hybridized carbons (Fsp3) is 0.556. The maximum absolute atomic E-state index is 12.4. The number of aromatic nitrogens is 2. The highest BCUT2D eigenvalue weighted by Gasteiger charge is 2.39. The van der Waals surface area contributed by atoms with Crippen molar-refractivity contribution in [3.05, 3.63) is 0 Å². The highest BCUT2D eigenvalue weighted by Crippen LogP contribution is 2.25. The lowest BCUT2D eigenvalue weighted by Gasteiger charge is -2.31. The number of piperazine rings is 1. The van der Waals surface area contributed by atoms with Crippen LogP contribution in [0, 0.1) is 0 Å². The lowest BCUT2D eigenvalue weighted by Crippen LogP contribution is -2.56. The number of amides is 1. The molecule has 21 heavy (non-hydrogen) atoms. The van der Waals surface area contributed by atoms with Crippen LogP contribution < -0.4 is 10.6 Å². The lowest BCUT2D eigenvalue weighted by molar-refractivity contribution is -0.141. The highest BCUT2D eigenvalue weighted by molar-refractivity contribution is 7.91. The van der Waals surface area contributed by atoms with E-state index in [0.717, 1.165) is 4.31 Å². The largest absolute Gasteiger partial charge is 0.480 e.